The maximum atomic E-state index is 7.43. The lowest BCUT2D eigenvalue weighted by molar-refractivity contribution is 0.121. The SMILES string of the molecule is N=C(N)Sc1nc(N2CCOCC2)nc(N2CCOCC2)n1. The van der Waals surface area contributed by atoms with Crippen LogP contribution in [0.1, 0.15) is 0 Å². The number of nitrogens with one attached hydrogen (secondary N) is 1. The lowest BCUT2D eigenvalue weighted by atomic mass is 10.4. The van der Waals surface area contributed by atoms with Gasteiger partial charge >= 0.3 is 0 Å². The van der Waals surface area contributed by atoms with E-state index >= 15 is 0 Å². The van der Waals surface area contributed by atoms with Gasteiger partial charge in [-0.05, 0) is 11.8 Å². The van der Waals surface area contributed by atoms with Crippen molar-refractivity contribution < 1.29 is 9.47 Å². The number of amidine groups is 1. The van der Waals surface area contributed by atoms with Crippen LogP contribution in [0.5, 0.6) is 0 Å². The Bertz CT molecular complexity index is 496. The number of hydrogen-bond donors (Lipinski definition) is 2. The molecule has 120 valence electrons. The fourth-order valence-corrected chi connectivity index (χ4v) is 2.74. The molecule has 2 saturated heterocycles. The molecule has 0 aliphatic carbocycles. The first-order valence-electron chi connectivity index (χ1n) is 7.16. The fourth-order valence-electron chi connectivity index (χ4n) is 2.29. The van der Waals surface area contributed by atoms with E-state index in [-0.39, 0.29) is 5.17 Å². The van der Waals surface area contributed by atoms with Crippen LogP contribution >= 0.6 is 11.8 Å². The van der Waals surface area contributed by atoms with Gasteiger partial charge in [-0.2, -0.15) is 15.0 Å². The molecule has 0 bridgehead atoms. The van der Waals surface area contributed by atoms with Gasteiger partial charge in [-0.1, -0.05) is 0 Å². The molecule has 10 heteroatoms. The lowest BCUT2D eigenvalue weighted by Crippen LogP contribution is -2.40. The van der Waals surface area contributed by atoms with Crippen LogP contribution in [0.15, 0.2) is 5.16 Å². The molecule has 0 aromatic carbocycles. The van der Waals surface area contributed by atoms with Gasteiger partial charge < -0.3 is 25.0 Å². The quantitative estimate of drug-likeness (QED) is 0.432. The first kappa shape index (κ1) is 15.3. The summed E-state index contributed by atoms with van der Waals surface area (Å²) in [6.45, 7) is 5.63. The first-order valence-corrected chi connectivity index (χ1v) is 7.97. The predicted octanol–water partition coefficient (Wildman–Crippen LogP) is -0.470. The molecule has 9 nitrogen and oxygen atoms in total. The summed E-state index contributed by atoms with van der Waals surface area (Å²) in [7, 11) is 0. The zero-order chi connectivity index (χ0) is 15.4. The number of nitrogens with zero attached hydrogens (tertiary/aromatic N) is 5. The number of morpholine rings is 2. The van der Waals surface area contributed by atoms with Crippen LogP contribution in [0.2, 0.25) is 0 Å². The summed E-state index contributed by atoms with van der Waals surface area (Å²) < 4.78 is 10.7. The van der Waals surface area contributed by atoms with Crippen LogP contribution < -0.4 is 15.5 Å². The second-order valence-electron chi connectivity index (χ2n) is 4.88. The Hall–Kier alpha value is -1.65. The summed E-state index contributed by atoms with van der Waals surface area (Å²) in [5.74, 6) is 1.23. The van der Waals surface area contributed by atoms with Gasteiger partial charge in [0.05, 0.1) is 26.4 Å². The van der Waals surface area contributed by atoms with Gasteiger partial charge in [0.25, 0.3) is 0 Å². The molecule has 3 rings (SSSR count). The minimum Gasteiger partial charge on any atom is -0.378 e. The minimum atomic E-state index is -0.0351. The van der Waals surface area contributed by atoms with Gasteiger partial charge in [-0.25, -0.2) is 0 Å². The zero-order valence-electron chi connectivity index (χ0n) is 12.2. The van der Waals surface area contributed by atoms with Crippen LogP contribution in [0.4, 0.5) is 11.9 Å². The van der Waals surface area contributed by atoms with Crippen molar-refractivity contribution in [3.63, 3.8) is 0 Å². The van der Waals surface area contributed by atoms with Crippen molar-refractivity contribution in [3.8, 4) is 0 Å². The van der Waals surface area contributed by atoms with Crippen molar-refractivity contribution in [2.75, 3.05) is 62.4 Å². The average molecular weight is 325 g/mol. The Kier molecular flexibility index (Phi) is 4.90. The standard InChI is InChI=1S/C12H19N7O2S/c13-9(14)22-12-16-10(18-1-5-20-6-2-18)15-11(17-12)19-3-7-21-8-4-19/h1-8H2,(H3,13,14). The Morgan fingerprint density at radius 1 is 0.909 bits per heavy atom. The van der Waals surface area contributed by atoms with Crippen LogP contribution in [0, 0.1) is 5.41 Å². The predicted molar refractivity (Wildman–Crippen MR) is 83.7 cm³/mol. The number of thioether (sulfide) groups is 1. The van der Waals surface area contributed by atoms with Crippen molar-refractivity contribution in [2.45, 2.75) is 5.16 Å². The van der Waals surface area contributed by atoms with Gasteiger partial charge in [-0.3, -0.25) is 5.41 Å². The zero-order valence-corrected chi connectivity index (χ0v) is 13.0. The maximum Gasteiger partial charge on any atom is 0.231 e. The van der Waals surface area contributed by atoms with E-state index < -0.39 is 0 Å². The Morgan fingerprint density at radius 2 is 1.36 bits per heavy atom. The van der Waals surface area contributed by atoms with Crippen molar-refractivity contribution in [3.05, 3.63) is 0 Å². The second kappa shape index (κ2) is 7.07. The molecule has 3 heterocycles. The van der Waals surface area contributed by atoms with Gasteiger partial charge in [0.1, 0.15) is 0 Å². The largest absolute Gasteiger partial charge is 0.378 e. The number of anilines is 2. The van der Waals surface area contributed by atoms with Crippen LogP contribution in [0.3, 0.4) is 0 Å². The van der Waals surface area contributed by atoms with E-state index in [0.29, 0.717) is 43.5 Å². The molecular formula is C12H19N7O2S. The highest BCUT2D eigenvalue weighted by molar-refractivity contribution is 8.13. The molecule has 0 saturated carbocycles. The van der Waals surface area contributed by atoms with E-state index in [4.69, 9.17) is 20.6 Å². The third-order valence-corrected chi connectivity index (χ3v) is 3.97. The molecule has 2 aliphatic heterocycles. The van der Waals surface area contributed by atoms with Gasteiger partial charge in [0.15, 0.2) is 5.17 Å². The number of hydrogen-bond acceptors (Lipinski definition) is 9. The van der Waals surface area contributed by atoms with Crippen LogP contribution in [-0.2, 0) is 9.47 Å². The van der Waals surface area contributed by atoms with E-state index in [1.165, 1.54) is 0 Å². The number of rotatable bonds is 3. The van der Waals surface area contributed by atoms with E-state index in [1.54, 1.807) is 0 Å². The molecule has 22 heavy (non-hydrogen) atoms. The molecule has 0 spiro atoms. The number of aromatic nitrogens is 3. The second-order valence-corrected chi connectivity index (χ2v) is 5.89. The summed E-state index contributed by atoms with van der Waals surface area (Å²) in [5, 5.41) is 7.85. The van der Waals surface area contributed by atoms with Crippen molar-refractivity contribution in [2.24, 2.45) is 5.73 Å². The molecule has 1 aromatic rings. The Labute approximate surface area is 132 Å². The van der Waals surface area contributed by atoms with Gasteiger partial charge in [0, 0.05) is 26.2 Å². The third kappa shape index (κ3) is 3.76. The molecule has 3 N–H and O–H groups in total. The summed E-state index contributed by atoms with van der Waals surface area (Å²) in [4.78, 5) is 17.6. The molecule has 0 amide bonds. The first-order chi connectivity index (χ1) is 10.7. The molecular weight excluding hydrogens is 306 g/mol. The highest BCUT2D eigenvalue weighted by Gasteiger charge is 2.21. The van der Waals surface area contributed by atoms with Crippen LogP contribution in [0.25, 0.3) is 0 Å². The monoisotopic (exact) mass is 325 g/mol. The molecule has 0 radical (unpaired) electrons. The molecule has 2 aliphatic rings. The summed E-state index contributed by atoms with van der Waals surface area (Å²) in [6, 6.07) is 0. The van der Waals surface area contributed by atoms with Gasteiger partial charge in [0.2, 0.25) is 17.1 Å². The number of ether oxygens (including phenoxy) is 2. The number of nitrogens with two attached hydrogens (primary N) is 1. The Morgan fingerprint density at radius 3 is 1.77 bits per heavy atom. The molecule has 0 atom stereocenters. The molecule has 1 aromatic heterocycles. The average Bonchev–Trinajstić information content (AvgIpc) is 2.55. The van der Waals surface area contributed by atoms with E-state index in [1.807, 2.05) is 0 Å². The van der Waals surface area contributed by atoms with E-state index in [2.05, 4.69) is 24.8 Å². The smallest absolute Gasteiger partial charge is 0.231 e. The van der Waals surface area contributed by atoms with Gasteiger partial charge in [-0.15, -0.1) is 0 Å². The van der Waals surface area contributed by atoms with Crippen molar-refractivity contribution in [1.82, 2.24) is 15.0 Å². The van der Waals surface area contributed by atoms with E-state index in [9.17, 15) is 0 Å². The fraction of sp³-hybridized carbons (Fsp3) is 0.667. The molecule has 2 fully saturated rings. The summed E-state index contributed by atoms with van der Waals surface area (Å²) in [5.41, 5.74) is 5.46. The van der Waals surface area contributed by atoms with Crippen molar-refractivity contribution >= 4 is 28.8 Å². The minimum absolute atomic E-state index is 0.0351. The summed E-state index contributed by atoms with van der Waals surface area (Å²) in [6.07, 6.45) is 0. The molecule has 0 unspecified atom stereocenters. The van der Waals surface area contributed by atoms with Crippen molar-refractivity contribution in [1.29, 1.82) is 5.41 Å². The van der Waals surface area contributed by atoms with Crippen LogP contribution in [-0.4, -0.2) is 72.7 Å². The maximum absolute atomic E-state index is 7.43. The normalized spacial score (nSPS) is 19.3. The third-order valence-electron chi connectivity index (χ3n) is 3.38. The Balaban J connectivity index is 1.88. The van der Waals surface area contributed by atoms with E-state index in [0.717, 1.165) is 37.9 Å². The summed E-state index contributed by atoms with van der Waals surface area (Å²) >= 11 is 1.04. The highest BCUT2D eigenvalue weighted by Crippen LogP contribution is 2.21. The topological polar surface area (TPSA) is 113 Å². The highest BCUT2D eigenvalue weighted by atomic mass is 32.2. The lowest BCUT2D eigenvalue weighted by Gasteiger charge is -2.30.